The van der Waals surface area contributed by atoms with Crippen LogP contribution < -0.4 is 4.74 Å². The molecular formula is C11H15N3O5. The summed E-state index contributed by atoms with van der Waals surface area (Å²) in [6.45, 7) is -0.0200. The van der Waals surface area contributed by atoms with E-state index in [0.717, 1.165) is 4.90 Å². The Morgan fingerprint density at radius 3 is 2.53 bits per heavy atom. The summed E-state index contributed by atoms with van der Waals surface area (Å²) in [7, 11) is 2.90. The summed E-state index contributed by atoms with van der Waals surface area (Å²) >= 11 is 0. The van der Waals surface area contributed by atoms with E-state index in [2.05, 4.69) is 10.2 Å². The molecule has 104 valence electrons. The first-order valence-corrected chi connectivity index (χ1v) is 5.46. The van der Waals surface area contributed by atoms with Gasteiger partial charge in [-0.2, -0.15) is 0 Å². The predicted octanol–water partition coefficient (Wildman–Crippen LogP) is -0.342. The van der Waals surface area contributed by atoms with Crippen molar-refractivity contribution in [1.29, 1.82) is 0 Å². The second-order valence-corrected chi connectivity index (χ2v) is 3.57. The summed E-state index contributed by atoms with van der Waals surface area (Å²) in [5, 5.41) is 16.1. The molecule has 0 bridgehead atoms. The highest BCUT2D eigenvalue weighted by Gasteiger charge is 2.19. The van der Waals surface area contributed by atoms with Crippen molar-refractivity contribution < 1.29 is 24.2 Å². The van der Waals surface area contributed by atoms with E-state index in [9.17, 15) is 9.59 Å². The molecule has 1 aromatic rings. The molecule has 0 radical (unpaired) electrons. The Balaban J connectivity index is 2.81. The number of amides is 1. The Labute approximate surface area is 109 Å². The largest absolute Gasteiger partial charge is 0.480 e. The van der Waals surface area contributed by atoms with Crippen LogP contribution in [0, 0.1) is 0 Å². The zero-order valence-corrected chi connectivity index (χ0v) is 10.7. The molecule has 0 saturated heterocycles. The fourth-order valence-electron chi connectivity index (χ4n) is 1.32. The normalized spacial score (nSPS) is 10.0. The Kier molecular flexibility index (Phi) is 5.68. The molecule has 0 aliphatic heterocycles. The van der Waals surface area contributed by atoms with E-state index in [1.165, 1.54) is 26.4 Å². The molecule has 0 saturated carbocycles. The van der Waals surface area contributed by atoms with Crippen molar-refractivity contribution >= 4 is 11.9 Å². The molecular weight excluding hydrogens is 254 g/mol. The van der Waals surface area contributed by atoms with Crippen molar-refractivity contribution in [2.75, 3.05) is 33.9 Å². The van der Waals surface area contributed by atoms with Crippen molar-refractivity contribution in [3.63, 3.8) is 0 Å². The summed E-state index contributed by atoms with van der Waals surface area (Å²) in [5.74, 6) is -1.35. The molecule has 0 aliphatic carbocycles. The van der Waals surface area contributed by atoms with Crippen LogP contribution in [-0.4, -0.2) is 66.0 Å². The molecule has 0 aliphatic rings. The molecule has 0 fully saturated rings. The van der Waals surface area contributed by atoms with Crippen molar-refractivity contribution in [2.45, 2.75) is 0 Å². The minimum absolute atomic E-state index is 0.0538. The van der Waals surface area contributed by atoms with Crippen LogP contribution in [0.2, 0.25) is 0 Å². The Bertz CT molecular complexity index is 434. The molecule has 1 heterocycles. The number of carboxylic acid groups (broad SMARTS) is 1. The minimum Gasteiger partial charge on any atom is -0.480 e. The number of aromatic nitrogens is 2. The first kappa shape index (κ1) is 14.8. The SMILES string of the molecule is COCCN(CC(=O)O)C(=O)c1ccc(OC)nn1. The lowest BCUT2D eigenvalue weighted by molar-refractivity contribution is -0.137. The summed E-state index contributed by atoms with van der Waals surface area (Å²) in [5.41, 5.74) is 0.0538. The molecule has 1 rings (SSSR count). The van der Waals surface area contributed by atoms with Gasteiger partial charge < -0.3 is 19.5 Å². The summed E-state index contributed by atoms with van der Waals surface area (Å²) in [6.07, 6.45) is 0. The van der Waals surface area contributed by atoms with Crippen LogP contribution in [0.5, 0.6) is 5.88 Å². The third kappa shape index (κ3) is 4.51. The molecule has 8 heteroatoms. The lowest BCUT2D eigenvalue weighted by Crippen LogP contribution is -2.38. The van der Waals surface area contributed by atoms with Gasteiger partial charge in [0.05, 0.1) is 13.7 Å². The van der Waals surface area contributed by atoms with Crippen LogP contribution in [0.1, 0.15) is 10.5 Å². The maximum absolute atomic E-state index is 12.0. The van der Waals surface area contributed by atoms with E-state index in [1.54, 1.807) is 0 Å². The van der Waals surface area contributed by atoms with Crippen LogP contribution in [-0.2, 0) is 9.53 Å². The zero-order chi connectivity index (χ0) is 14.3. The van der Waals surface area contributed by atoms with Gasteiger partial charge in [-0.25, -0.2) is 0 Å². The van der Waals surface area contributed by atoms with Gasteiger partial charge >= 0.3 is 5.97 Å². The number of hydrogen-bond donors (Lipinski definition) is 1. The number of hydrogen-bond acceptors (Lipinski definition) is 6. The van der Waals surface area contributed by atoms with E-state index < -0.39 is 18.4 Å². The molecule has 0 atom stereocenters. The second kappa shape index (κ2) is 7.27. The third-order valence-corrected chi connectivity index (χ3v) is 2.25. The van der Waals surface area contributed by atoms with E-state index in [0.29, 0.717) is 0 Å². The van der Waals surface area contributed by atoms with Gasteiger partial charge in [0.1, 0.15) is 6.54 Å². The lowest BCUT2D eigenvalue weighted by atomic mass is 10.3. The van der Waals surface area contributed by atoms with E-state index >= 15 is 0 Å². The average molecular weight is 269 g/mol. The molecule has 19 heavy (non-hydrogen) atoms. The smallest absolute Gasteiger partial charge is 0.323 e. The van der Waals surface area contributed by atoms with Gasteiger partial charge in [-0.1, -0.05) is 0 Å². The molecule has 0 unspecified atom stereocenters. The molecule has 1 amide bonds. The van der Waals surface area contributed by atoms with Gasteiger partial charge in [-0.15, -0.1) is 10.2 Å². The number of aliphatic carboxylic acids is 1. The van der Waals surface area contributed by atoms with E-state index in [-0.39, 0.29) is 24.7 Å². The maximum Gasteiger partial charge on any atom is 0.323 e. The first-order valence-electron chi connectivity index (χ1n) is 5.46. The summed E-state index contributed by atoms with van der Waals surface area (Å²) in [6, 6.07) is 2.91. The third-order valence-electron chi connectivity index (χ3n) is 2.25. The number of rotatable bonds is 7. The zero-order valence-electron chi connectivity index (χ0n) is 10.7. The van der Waals surface area contributed by atoms with E-state index in [4.69, 9.17) is 14.6 Å². The number of ether oxygens (including phenoxy) is 2. The number of carbonyl (C=O) groups is 2. The lowest BCUT2D eigenvalue weighted by Gasteiger charge is -2.19. The van der Waals surface area contributed by atoms with Crippen LogP contribution >= 0.6 is 0 Å². The Morgan fingerprint density at radius 1 is 1.32 bits per heavy atom. The Hall–Kier alpha value is -2.22. The molecule has 0 spiro atoms. The first-order chi connectivity index (χ1) is 9.08. The molecule has 1 aromatic heterocycles. The van der Waals surface area contributed by atoms with Crippen molar-refractivity contribution in [2.24, 2.45) is 0 Å². The van der Waals surface area contributed by atoms with Gasteiger partial charge in [0.2, 0.25) is 5.88 Å². The molecule has 8 nitrogen and oxygen atoms in total. The van der Waals surface area contributed by atoms with Crippen LogP contribution in [0.15, 0.2) is 12.1 Å². The second-order valence-electron chi connectivity index (χ2n) is 3.57. The fourth-order valence-corrected chi connectivity index (χ4v) is 1.32. The number of carbonyl (C=O) groups excluding carboxylic acids is 1. The fraction of sp³-hybridized carbons (Fsp3) is 0.455. The van der Waals surface area contributed by atoms with Gasteiger partial charge in [0.25, 0.3) is 5.91 Å². The Morgan fingerprint density at radius 2 is 2.05 bits per heavy atom. The molecule has 0 aromatic carbocycles. The number of methoxy groups -OCH3 is 2. The highest BCUT2D eigenvalue weighted by Crippen LogP contribution is 2.06. The monoisotopic (exact) mass is 269 g/mol. The van der Waals surface area contributed by atoms with Crippen LogP contribution in [0.4, 0.5) is 0 Å². The summed E-state index contributed by atoms with van der Waals surface area (Å²) < 4.78 is 9.66. The molecule has 1 N–H and O–H groups in total. The highest BCUT2D eigenvalue weighted by atomic mass is 16.5. The number of carboxylic acids is 1. The average Bonchev–Trinajstić information content (AvgIpc) is 2.42. The maximum atomic E-state index is 12.0. The van der Waals surface area contributed by atoms with Crippen molar-refractivity contribution in [1.82, 2.24) is 15.1 Å². The predicted molar refractivity (Wildman–Crippen MR) is 64.0 cm³/mol. The van der Waals surface area contributed by atoms with Crippen LogP contribution in [0.25, 0.3) is 0 Å². The highest BCUT2D eigenvalue weighted by molar-refractivity contribution is 5.94. The van der Waals surface area contributed by atoms with Crippen LogP contribution in [0.3, 0.4) is 0 Å². The van der Waals surface area contributed by atoms with Gasteiger partial charge in [0, 0.05) is 19.7 Å². The summed E-state index contributed by atoms with van der Waals surface area (Å²) in [4.78, 5) is 23.9. The van der Waals surface area contributed by atoms with Gasteiger partial charge in [0.15, 0.2) is 5.69 Å². The van der Waals surface area contributed by atoms with Crippen molar-refractivity contribution in [3.05, 3.63) is 17.8 Å². The standard InChI is InChI=1S/C11H15N3O5/c1-18-6-5-14(7-10(15)16)11(17)8-3-4-9(19-2)13-12-8/h3-4H,5-7H2,1-2H3,(H,15,16). The minimum atomic E-state index is -1.11. The quantitative estimate of drug-likeness (QED) is 0.722. The van der Waals surface area contributed by atoms with E-state index in [1.807, 2.05) is 0 Å². The van der Waals surface area contributed by atoms with Gasteiger partial charge in [-0.05, 0) is 6.07 Å². The number of nitrogens with zero attached hydrogens (tertiary/aromatic N) is 3. The topological polar surface area (TPSA) is 102 Å². The van der Waals surface area contributed by atoms with Gasteiger partial charge in [-0.3, -0.25) is 9.59 Å². The van der Waals surface area contributed by atoms with Crippen molar-refractivity contribution in [3.8, 4) is 5.88 Å².